The minimum atomic E-state index is -0.161. The first kappa shape index (κ1) is 22.2. The molecule has 1 saturated heterocycles. The molecule has 0 aromatic heterocycles. The van der Waals surface area contributed by atoms with Crippen LogP contribution in [0.15, 0.2) is 0 Å². The third-order valence-corrected chi connectivity index (χ3v) is 7.83. The first-order valence-electron chi connectivity index (χ1n) is 11.5. The van der Waals surface area contributed by atoms with Crippen molar-refractivity contribution in [2.45, 2.75) is 118 Å². The van der Waals surface area contributed by atoms with Crippen LogP contribution in [0, 0.1) is 35.5 Å². The SMILES string of the molecule is CC(C)CCCC(C)CCC[C@]1(C)CCC2C(C)C(O)C(C)C(C)C2O1. The van der Waals surface area contributed by atoms with Crippen LogP contribution >= 0.6 is 0 Å². The Kier molecular flexibility index (Phi) is 8.04. The maximum Gasteiger partial charge on any atom is 0.0658 e. The van der Waals surface area contributed by atoms with Crippen molar-refractivity contribution in [1.82, 2.24) is 0 Å². The average Bonchev–Trinajstić information content (AvgIpc) is 2.57. The van der Waals surface area contributed by atoms with Gasteiger partial charge in [0.05, 0.1) is 17.8 Å². The van der Waals surface area contributed by atoms with Crippen LogP contribution in [-0.2, 0) is 4.74 Å². The quantitative estimate of drug-likeness (QED) is 0.534. The molecule has 0 bridgehead atoms. The fourth-order valence-electron chi connectivity index (χ4n) is 5.54. The normalized spacial score (nSPS) is 41.9. The van der Waals surface area contributed by atoms with E-state index in [0.717, 1.165) is 18.3 Å². The molecule has 154 valence electrons. The Balaban J connectivity index is 1.80. The molecule has 2 heteroatoms. The Bertz CT molecular complexity index is 420. The molecule has 0 radical (unpaired) electrons. The summed E-state index contributed by atoms with van der Waals surface area (Å²) in [5.41, 5.74) is 0.0504. The van der Waals surface area contributed by atoms with Crippen molar-refractivity contribution in [2.24, 2.45) is 35.5 Å². The highest BCUT2D eigenvalue weighted by Gasteiger charge is 2.50. The van der Waals surface area contributed by atoms with Crippen LogP contribution in [0.1, 0.15) is 99.8 Å². The Labute approximate surface area is 163 Å². The Morgan fingerprint density at radius 1 is 0.962 bits per heavy atom. The van der Waals surface area contributed by atoms with E-state index in [0.29, 0.717) is 29.8 Å². The van der Waals surface area contributed by atoms with Gasteiger partial charge in [-0.05, 0) is 61.7 Å². The van der Waals surface area contributed by atoms with E-state index in [9.17, 15) is 5.11 Å². The molecule has 1 heterocycles. The van der Waals surface area contributed by atoms with Gasteiger partial charge in [-0.25, -0.2) is 0 Å². The van der Waals surface area contributed by atoms with Gasteiger partial charge in [0, 0.05) is 0 Å². The first-order valence-corrected chi connectivity index (χ1v) is 11.5. The number of fused-ring (bicyclic) bond motifs is 1. The molecule has 0 aromatic carbocycles. The Hall–Kier alpha value is -0.0800. The van der Waals surface area contributed by atoms with Gasteiger partial charge in [0.1, 0.15) is 0 Å². The average molecular weight is 367 g/mol. The van der Waals surface area contributed by atoms with Crippen LogP contribution in [0.5, 0.6) is 0 Å². The predicted octanol–water partition coefficient (Wildman–Crippen LogP) is 6.46. The zero-order valence-electron chi connectivity index (χ0n) is 18.6. The number of aliphatic hydroxyl groups is 1. The first-order chi connectivity index (χ1) is 12.1. The van der Waals surface area contributed by atoms with E-state index in [4.69, 9.17) is 4.74 Å². The van der Waals surface area contributed by atoms with E-state index < -0.39 is 0 Å². The molecule has 1 aliphatic carbocycles. The lowest BCUT2D eigenvalue weighted by Crippen LogP contribution is -2.56. The van der Waals surface area contributed by atoms with E-state index in [-0.39, 0.29) is 11.7 Å². The third kappa shape index (κ3) is 5.47. The van der Waals surface area contributed by atoms with E-state index >= 15 is 0 Å². The van der Waals surface area contributed by atoms with Gasteiger partial charge in [-0.15, -0.1) is 0 Å². The molecule has 2 rings (SSSR count). The van der Waals surface area contributed by atoms with Crippen molar-refractivity contribution in [3.8, 4) is 0 Å². The maximum absolute atomic E-state index is 10.5. The highest BCUT2D eigenvalue weighted by Crippen LogP contribution is 2.48. The van der Waals surface area contributed by atoms with Gasteiger partial charge < -0.3 is 9.84 Å². The lowest BCUT2D eigenvalue weighted by molar-refractivity contribution is -0.216. The van der Waals surface area contributed by atoms with Gasteiger partial charge >= 0.3 is 0 Å². The molecule has 0 spiro atoms. The fourth-order valence-corrected chi connectivity index (χ4v) is 5.54. The molecule has 0 amide bonds. The summed E-state index contributed by atoms with van der Waals surface area (Å²) in [5.74, 6) is 3.40. The molecule has 1 aliphatic heterocycles. The van der Waals surface area contributed by atoms with Gasteiger partial charge in [0.25, 0.3) is 0 Å². The van der Waals surface area contributed by atoms with Gasteiger partial charge in [0.15, 0.2) is 0 Å². The van der Waals surface area contributed by atoms with Crippen LogP contribution in [-0.4, -0.2) is 22.9 Å². The number of aliphatic hydroxyl groups excluding tert-OH is 1. The number of hydrogen-bond acceptors (Lipinski definition) is 2. The zero-order chi connectivity index (χ0) is 19.5. The smallest absolute Gasteiger partial charge is 0.0658 e. The highest BCUT2D eigenvalue weighted by molar-refractivity contribution is 4.98. The van der Waals surface area contributed by atoms with Crippen molar-refractivity contribution >= 4 is 0 Å². The monoisotopic (exact) mass is 366 g/mol. The summed E-state index contributed by atoms with van der Waals surface area (Å²) in [4.78, 5) is 0. The lowest BCUT2D eigenvalue weighted by atomic mass is 9.63. The topological polar surface area (TPSA) is 29.5 Å². The molecule has 2 nitrogen and oxygen atoms in total. The Morgan fingerprint density at radius 3 is 2.27 bits per heavy atom. The van der Waals surface area contributed by atoms with Crippen LogP contribution in [0.2, 0.25) is 0 Å². The maximum atomic E-state index is 10.5. The van der Waals surface area contributed by atoms with Gasteiger partial charge in [-0.3, -0.25) is 0 Å². The summed E-state index contributed by atoms with van der Waals surface area (Å²) in [6.45, 7) is 16.2. The molecule has 1 saturated carbocycles. The van der Waals surface area contributed by atoms with Crippen LogP contribution in [0.4, 0.5) is 0 Å². The summed E-state index contributed by atoms with van der Waals surface area (Å²) in [6.07, 6.45) is 10.5. The van der Waals surface area contributed by atoms with E-state index in [2.05, 4.69) is 48.5 Å². The predicted molar refractivity (Wildman–Crippen MR) is 111 cm³/mol. The summed E-state index contributed by atoms with van der Waals surface area (Å²) in [5, 5.41) is 10.5. The second-order valence-electron chi connectivity index (χ2n) is 10.6. The minimum absolute atomic E-state index is 0.0504. The zero-order valence-corrected chi connectivity index (χ0v) is 18.6. The summed E-state index contributed by atoms with van der Waals surface area (Å²) >= 11 is 0. The largest absolute Gasteiger partial charge is 0.393 e. The molecule has 26 heavy (non-hydrogen) atoms. The van der Waals surface area contributed by atoms with Crippen molar-refractivity contribution in [2.75, 3.05) is 0 Å². The molecular weight excluding hydrogens is 320 g/mol. The number of rotatable bonds is 8. The number of hydrogen-bond donors (Lipinski definition) is 1. The van der Waals surface area contributed by atoms with Crippen LogP contribution < -0.4 is 0 Å². The van der Waals surface area contributed by atoms with Crippen molar-refractivity contribution in [3.05, 3.63) is 0 Å². The molecular formula is C24H46O2. The summed E-state index contributed by atoms with van der Waals surface area (Å²) in [6, 6.07) is 0. The van der Waals surface area contributed by atoms with Crippen molar-refractivity contribution in [1.29, 1.82) is 0 Å². The van der Waals surface area contributed by atoms with Crippen molar-refractivity contribution < 1.29 is 9.84 Å². The minimum Gasteiger partial charge on any atom is -0.393 e. The third-order valence-electron chi connectivity index (χ3n) is 7.83. The molecule has 0 aromatic rings. The van der Waals surface area contributed by atoms with E-state index in [1.165, 1.54) is 44.9 Å². The van der Waals surface area contributed by atoms with Crippen LogP contribution in [0.3, 0.4) is 0 Å². The van der Waals surface area contributed by atoms with Gasteiger partial charge in [0.2, 0.25) is 0 Å². The molecule has 8 atom stereocenters. The highest BCUT2D eigenvalue weighted by atomic mass is 16.5. The standard InChI is InChI=1S/C24H46O2/c1-16(2)10-8-11-17(3)12-9-14-24(7)15-13-21-20(6)22(25)18(4)19(5)23(21)26-24/h16-23,25H,8-15H2,1-7H3/t17?,18?,19?,20?,21?,22?,23?,24-/m1/s1. The van der Waals surface area contributed by atoms with Gasteiger partial charge in [-0.2, -0.15) is 0 Å². The summed E-state index contributed by atoms with van der Waals surface area (Å²) < 4.78 is 6.76. The second-order valence-corrected chi connectivity index (χ2v) is 10.6. The molecule has 2 aliphatic rings. The molecule has 7 unspecified atom stereocenters. The molecule has 2 fully saturated rings. The molecule has 1 N–H and O–H groups in total. The van der Waals surface area contributed by atoms with E-state index in [1.807, 2.05) is 0 Å². The number of ether oxygens (including phenoxy) is 1. The lowest BCUT2D eigenvalue weighted by Gasteiger charge is -2.53. The fraction of sp³-hybridized carbons (Fsp3) is 1.00. The Morgan fingerprint density at radius 2 is 1.62 bits per heavy atom. The van der Waals surface area contributed by atoms with E-state index in [1.54, 1.807) is 0 Å². The van der Waals surface area contributed by atoms with Gasteiger partial charge in [-0.1, -0.05) is 73.6 Å². The van der Waals surface area contributed by atoms with Crippen molar-refractivity contribution in [3.63, 3.8) is 0 Å². The second kappa shape index (κ2) is 9.41. The van der Waals surface area contributed by atoms with Crippen LogP contribution in [0.25, 0.3) is 0 Å². The summed E-state index contributed by atoms with van der Waals surface area (Å²) in [7, 11) is 0.